The van der Waals surface area contributed by atoms with Crippen LogP contribution in [0.1, 0.15) is 59.8 Å². The van der Waals surface area contributed by atoms with Crippen molar-refractivity contribution in [3.05, 3.63) is 52.4 Å². The molecule has 1 atom stereocenters. The Morgan fingerprint density at radius 3 is 2.53 bits per heavy atom. The summed E-state index contributed by atoms with van der Waals surface area (Å²) < 4.78 is 0. The van der Waals surface area contributed by atoms with E-state index in [2.05, 4.69) is 20.2 Å². The van der Waals surface area contributed by atoms with Crippen molar-refractivity contribution in [2.45, 2.75) is 44.2 Å². The van der Waals surface area contributed by atoms with Crippen molar-refractivity contribution in [1.82, 2.24) is 19.8 Å². The number of nitriles is 1. The molecule has 0 saturated carbocycles. The van der Waals surface area contributed by atoms with Gasteiger partial charge in [0.1, 0.15) is 6.07 Å². The molecule has 34 heavy (non-hydrogen) atoms. The predicted octanol–water partition coefficient (Wildman–Crippen LogP) is 4.35. The fraction of sp³-hybridized carbons (Fsp3) is 0.435. The van der Waals surface area contributed by atoms with Gasteiger partial charge in [-0.05, 0) is 49.9 Å². The van der Waals surface area contributed by atoms with E-state index in [0.717, 1.165) is 44.2 Å². The van der Waals surface area contributed by atoms with Crippen LogP contribution in [0, 0.1) is 11.3 Å². The standard InChI is InChI=1S/C23H25ClN6O3.ClH/c24-15-4-5-18(19(11-15)22(31)28-21-14-26-16(12-25)13-27-21)20-3-1-2-8-30(20)17-6-9-29(10-7-17)23(32)33;/h4-5,11,13-14,17,20H,1-3,6-10H2,(H,32,33)(H,27,28,31);1H. The first-order valence-corrected chi connectivity index (χ1v) is 11.4. The molecule has 2 fully saturated rings. The Kier molecular flexibility index (Phi) is 8.67. The number of halogens is 2. The van der Waals surface area contributed by atoms with Crippen molar-refractivity contribution in [3.63, 3.8) is 0 Å². The lowest BCUT2D eigenvalue weighted by Gasteiger charge is -2.44. The summed E-state index contributed by atoms with van der Waals surface area (Å²) in [5.41, 5.74) is 1.55. The molecular formula is C23H26Cl2N6O3. The number of carbonyl (C=O) groups is 2. The molecule has 1 aromatic heterocycles. The van der Waals surface area contributed by atoms with E-state index in [4.69, 9.17) is 16.9 Å². The van der Waals surface area contributed by atoms with Crippen LogP contribution in [0.5, 0.6) is 0 Å². The van der Waals surface area contributed by atoms with Crippen molar-refractivity contribution >= 4 is 41.8 Å². The molecule has 0 bridgehead atoms. The summed E-state index contributed by atoms with van der Waals surface area (Å²) in [5.74, 6) is -0.0794. The van der Waals surface area contributed by atoms with Gasteiger partial charge in [-0.3, -0.25) is 9.69 Å². The van der Waals surface area contributed by atoms with Gasteiger partial charge in [0, 0.05) is 35.8 Å². The maximum atomic E-state index is 13.2. The highest BCUT2D eigenvalue weighted by atomic mass is 35.5. The number of nitrogens with one attached hydrogen (secondary N) is 1. The third-order valence-corrected chi connectivity index (χ3v) is 6.61. The van der Waals surface area contributed by atoms with E-state index in [0.29, 0.717) is 23.7 Å². The first-order chi connectivity index (χ1) is 16.0. The Bertz CT molecular complexity index is 1070. The van der Waals surface area contributed by atoms with E-state index in [-0.39, 0.29) is 41.9 Å². The average molecular weight is 505 g/mol. The molecule has 0 radical (unpaired) electrons. The highest BCUT2D eigenvalue weighted by Crippen LogP contribution is 2.37. The van der Waals surface area contributed by atoms with Crippen LogP contribution in [-0.4, -0.2) is 62.6 Å². The van der Waals surface area contributed by atoms with Crippen LogP contribution in [0.25, 0.3) is 0 Å². The molecule has 3 heterocycles. The van der Waals surface area contributed by atoms with Crippen molar-refractivity contribution in [3.8, 4) is 6.07 Å². The van der Waals surface area contributed by atoms with Crippen molar-refractivity contribution in [2.75, 3.05) is 25.0 Å². The highest BCUT2D eigenvalue weighted by Gasteiger charge is 2.34. The van der Waals surface area contributed by atoms with Crippen molar-refractivity contribution in [2.24, 2.45) is 0 Å². The van der Waals surface area contributed by atoms with Gasteiger partial charge in [0.05, 0.1) is 12.4 Å². The maximum Gasteiger partial charge on any atom is 0.407 e. The lowest BCUT2D eigenvalue weighted by atomic mass is 9.88. The summed E-state index contributed by atoms with van der Waals surface area (Å²) in [5, 5.41) is 21.4. The number of carbonyl (C=O) groups excluding carboxylic acids is 1. The van der Waals surface area contributed by atoms with Gasteiger partial charge in [-0.1, -0.05) is 24.1 Å². The minimum Gasteiger partial charge on any atom is -0.465 e. The fourth-order valence-electron chi connectivity index (χ4n) is 4.76. The summed E-state index contributed by atoms with van der Waals surface area (Å²) >= 11 is 6.25. The second-order valence-electron chi connectivity index (χ2n) is 8.33. The number of carboxylic acid groups (broad SMARTS) is 1. The number of hydrogen-bond donors (Lipinski definition) is 2. The predicted molar refractivity (Wildman–Crippen MR) is 129 cm³/mol. The summed E-state index contributed by atoms with van der Waals surface area (Å²) in [6.07, 6.45) is 6.39. The number of piperidine rings is 2. The van der Waals surface area contributed by atoms with E-state index in [1.165, 1.54) is 17.3 Å². The molecule has 11 heteroatoms. The molecule has 180 valence electrons. The Hall–Kier alpha value is -2.93. The summed E-state index contributed by atoms with van der Waals surface area (Å²) in [4.78, 5) is 36.4. The molecule has 2 aliphatic rings. The second-order valence-corrected chi connectivity index (χ2v) is 8.77. The molecule has 2 aromatic rings. The van der Waals surface area contributed by atoms with Gasteiger partial charge >= 0.3 is 6.09 Å². The van der Waals surface area contributed by atoms with Crippen LogP contribution >= 0.6 is 24.0 Å². The van der Waals surface area contributed by atoms with Crippen LogP contribution in [0.3, 0.4) is 0 Å². The average Bonchev–Trinajstić information content (AvgIpc) is 2.84. The number of nitrogens with zero attached hydrogens (tertiary/aromatic N) is 5. The summed E-state index contributed by atoms with van der Waals surface area (Å²) in [7, 11) is 0. The van der Waals surface area contributed by atoms with Gasteiger partial charge in [0.25, 0.3) is 5.91 Å². The quantitative estimate of drug-likeness (QED) is 0.634. The number of likely N-dealkylation sites (tertiary alicyclic amines) is 2. The number of amides is 2. The minimum atomic E-state index is -0.869. The van der Waals surface area contributed by atoms with Crippen molar-refractivity contribution in [1.29, 1.82) is 5.26 Å². The van der Waals surface area contributed by atoms with Crippen LogP contribution < -0.4 is 5.32 Å². The van der Waals surface area contributed by atoms with E-state index in [9.17, 15) is 14.7 Å². The molecule has 1 aromatic carbocycles. The SMILES string of the molecule is Cl.N#Cc1cnc(NC(=O)c2cc(Cl)ccc2C2CCCCN2C2CCN(C(=O)O)CC2)cn1. The Balaban J connectivity index is 0.00000324. The fourth-order valence-corrected chi connectivity index (χ4v) is 4.94. The van der Waals surface area contributed by atoms with Crippen LogP contribution in [0.2, 0.25) is 5.02 Å². The highest BCUT2D eigenvalue weighted by molar-refractivity contribution is 6.31. The van der Waals surface area contributed by atoms with Gasteiger partial charge in [-0.15, -0.1) is 12.4 Å². The molecule has 2 saturated heterocycles. The molecular weight excluding hydrogens is 479 g/mol. The van der Waals surface area contributed by atoms with Gasteiger partial charge in [-0.25, -0.2) is 14.8 Å². The molecule has 0 aliphatic carbocycles. The first kappa shape index (κ1) is 25.7. The Labute approximate surface area is 209 Å². The van der Waals surface area contributed by atoms with E-state index < -0.39 is 6.09 Å². The number of rotatable bonds is 4. The molecule has 2 aliphatic heterocycles. The third-order valence-electron chi connectivity index (χ3n) is 6.38. The van der Waals surface area contributed by atoms with E-state index in [1.54, 1.807) is 12.1 Å². The van der Waals surface area contributed by atoms with Gasteiger partial charge in [0.2, 0.25) is 0 Å². The van der Waals surface area contributed by atoms with Crippen molar-refractivity contribution < 1.29 is 14.7 Å². The van der Waals surface area contributed by atoms with Crippen LogP contribution in [0.15, 0.2) is 30.6 Å². The Morgan fingerprint density at radius 2 is 1.88 bits per heavy atom. The number of hydrogen-bond acceptors (Lipinski definition) is 6. The van der Waals surface area contributed by atoms with E-state index in [1.807, 2.05) is 12.1 Å². The third kappa shape index (κ3) is 5.76. The lowest BCUT2D eigenvalue weighted by molar-refractivity contribution is 0.0492. The van der Waals surface area contributed by atoms with Gasteiger partial charge in [-0.2, -0.15) is 5.26 Å². The summed E-state index contributed by atoms with van der Waals surface area (Å²) in [6, 6.07) is 7.60. The zero-order chi connectivity index (χ0) is 23.4. The first-order valence-electron chi connectivity index (χ1n) is 11.0. The van der Waals surface area contributed by atoms with E-state index >= 15 is 0 Å². The largest absolute Gasteiger partial charge is 0.465 e. The molecule has 2 amide bonds. The number of benzene rings is 1. The lowest BCUT2D eigenvalue weighted by Crippen LogP contribution is -2.49. The molecule has 2 N–H and O–H groups in total. The van der Waals surface area contributed by atoms with Crippen LogP contribution in [0.4, 0.5) is 10.6 Å². The van der Waals surface area contributed by atoms with Gasteiger partial charge in [0.15, 0.2) is 11.5 Å². The zero-order valence-electron chi connectivity index (χ0n) is 18.5. The monoisotopic (exact) mass is 504 g/mol. The molecule has 9 nitrogen and oxygen atoms in total. The Morgan fingerprint density at radius 1 is 1.12 bits per heavy atom. The zero-order valence-corrected chi connectivity index (χ0v) is 20.1. The van der Waals surface area contributed by atoms with Gasteiger partial charge < -0.3 is 15.3 Å². The minimum absolute atomic E-state index is 0. The topological polar surface area (TPSA) is 122 Å². The normalized spacial score (nSPS) is 19.1. The molecule has 4 rings (SSSR count). The smallest absolute Gasteiger partial charge is 0.407 e. The molecule has 0 spiro atoms. The molecule has 1 unspecified atom stereocenters. The number of anilines is 1. The number of aromatic nitrogens is 2. The van der Waals surface area contributed by atoms with Crippen LogP contribution in [-0.2, 0) is 0 Å². The summed E-state index contributed by atoms with van der Waals surface area (Å²) in [6.45, 7) is 1.95. The maximum absolute atomic E-state index is 13.2. The second kappa shape index (κ2) is 11.5.